The van der Waals surface area contributed by atoms with Gasteiger partial charge >= 0.3 is 6.09 Å². The number of aromatic nitrogens is 1. The second kappa shape index (κ2) is 12.1. The summed E-state index contributed by atoms with van der Waals surface area (Å²) >= 11 is 0. The molecule has 9 heteroatoms. The molecule has 3 amide bonds. The van der Waals surface area contributed by atoms with Crippen LogP contribution in [0.5, 0.6) is 0 Å². The number of para-hydroxylation sites is 1. The molecule has 38 heavy (non-hydrogen) atoms. The molecule has 2 aromatic carbocycles. The Balaban J connectivity index is 1.94. The van der Waals surface area contributed by atoms with E-state index in [1.54, 1.807) is 54.0 Å². The maximum atomic E-state index is 14.0. The third-order valence-corrected chi connectivity index (χ3v) is 6.38. The van der Waals surface area contributed by atoms with E-state index in [0.717, 1.165) is 22.0 Å². The smallest absolute Gasteiger partial charge is 0.408 e. The van der Waals surface area contributed by atoms with Crippen molar-refractivity contribution < 1.29 is 19.1 Å². The van der Waals surface area contributed by atoms with Gasteiger partial charge in [0.15, 0.2) is 0 Å². The molecule has 2 N–H and O–H groups in total. The van der Waals surface area contributed by atoms with Gasteiger partial charge in [0.2, 0.25) is 5.91 Å². The number of amides is 3. The molecule has 1 heterocycles. The van der Waals surface area contributed by atoms with Crippen molar-refractivity contribution in [3.8, 4) is 0 Å². The number of nitrogens with zero attached hydrogens (tertiary/aromatic N) is 3. The average Bonchev–Trinajstić information content (AvgIpc) is 3.27. The Morgan fingerprint density at radius 2 is 1.53 bits per heavy atom. The van der Waals surface area contributed by atoms with Crippen LogP contribution in [-0.2, 0) is 27.2 Å². The van der Waals surface area contributed by atoms with Gasteiger partial charge in [-0.2, -0.15) is 0 Å². The molecule has 0 spiro atoms. The Bertz CT molecular complexity index is 1250. The van der Waals surface area contributed by atoms with Gasteiger partial charge in [0.05, 0.1) is 0 Å². The number of nitrogens with one attached hydrogen (secondary N) is 2. The average molecular weight is 522 g/mol. The zero-order valence-corrected chi connectivity index (χ0v) is 23.3. The van der Waals surface area contributed by atoms with Crippen molar-refractivity contribution in [2.24, 2.45) is 0 Å². The molecular weight excluding hydrogens is 482 g/mol. The van der Waals surface area contributed by atoms with Gasteiger partial charge in [0.25, 0.3) is 5.91 Å². The van der Waals surface area contributed by atoms with Crippen LogP contribution < -0.4 is 5.32 Å². The van der Waals surface area contributed by atoms with Gasteiger partial charge in [0.1, 0.15) is 17.7 Å². The molecule has 0 bridgehead atoms. The van der Waals surface area contributed by atoms with Crippen LogP contribution in [0.4, 0.5) is 4.79 Å². The van der Waals surface area contributed by atoms with E-state index in [0.29, 0.717) is 6.42 Å². The molecular formula is C29H39N5O4. The van der Waals surface area contributed by atoms with Crippen LogP contribution in [-0.4, -0.2) is 83.7 Å². The molecule has 0 fully saturated rings. The monoisotopic (exact) mass is 521 g/mol. The van der Waals surface area contributed by atoms with E-state index in [9.17, 15) is 14.4 Å². The third kappa shape index (κ3) is 7.35. The van der Waals surface area contributed by atoms with E-state index in [2.05, 4.69) is 10.3 Å². The molecule has 3 aromatic rings. The first-order valence-corrected chi connectivity index (χ1v) is 12.7. The van der Waals surface area contributed by atoms with Crippen LogP contribution >= 0.6 is 0 Å². The molecule has 3 rings (SSSR count). The highest BCUT2D eigenvalue weighted by Gasteiger charge is 2.35. The van der Waals surface area contributed by atoms with E-state index >= 15 is 0 Å². The largest absolute Gasteiger partial charge is 0.444 e. The first-order valence-electron chi connectivity index (χ1n) is 12.7. The lowest BCUT2D eigenvalue weighted by Gasteiger charge is -2.35. The fourth-order valence-electron chi connectivity index (χ4n) is 4.21. The van der Waals surface area contributed by atoms with Crippen molar-refractivity contribution in [2.45, 2.75) is 51.3 Å². The van der Waals surface area contributed by atoms with Gasteiger partial charge in [-0.1, -0.05) is 48.5 Å². The summed E-state index contributed by atoms with van der Waals surface area (Å²) in [7, 11) is 6.81. The minimum atomic E-state index is -0.954. The van der Waals surface area contributed by atoms with Crippen molar-refractivity contribution in [3.05, 3.63) is 71.9 Å². The summed E-state index contributed by atoms with van der Waals surface area (Å²) in [4.78, 5) is 45.0. The Morgan fingerprint density at radius 3 is 2.16 bits per heavy atom. The zero-order valence-electron chi connectivity index (χ0n) is 23.3. The fourth-order valence-corrected chi connectivity index (χ4v) is 4.21. The Morgan fingerprint density at radius 1 is 0.895 bits per heavy atom. The van der Waals surface area contributed by atoms with E-state index in [1.165, 1.54) is 9.91 Å². The van der Waals surface area contributed by atoms with Gasteiger partial charge in [0, 0.05) is 58.1 Å². The minimum Gasteiger partial charge on any atom is -0.444 e. The van der Waals surface area contributed by atoms with Crippen LogP contribution in [0.15, 0.2) is 60.8 Å². The van der Waals surface area contributed by atoms with Gasteiger partial charge in [-0.3, -0.25) is 14.6 Å². The van der Waals surface area contributed by atoms with Gasteiger partial charge in [-0.25, -0.2) is 9.80 Å². The van der Waals surface area contributed by atoms with E-state index in [4.69, 9.17) is 4.74 Å². The highest BCUT2D eigenvalue weighted by atomic mass is 16.6. The SMILES string of the molecule is CN(C(=O)[C@@H](Cc1c[nH]c2ccccc12)NC(=O)OC(C)(C)C)[C@H](Cc1ccccc1)C(=O)N(C)N(C)C. The number of ether oxygens (including phenoxy) is 1. The highest BCUT2D eigenvalue weighted by Crippen LogP contribution is 2.21. The number of hydrazine groups is 1. The molecule has 0 aliphatic heterocycles. The predicted octanol–water partition coefficient (Wildman–Crippen LogP) is 3.61. The lowest BCUT2D eigenvalue weighted by atomic mass is 10.0. The Labute approximate surface area is 224 Å². The Kier molecular flexibility index (Phi) is 9.17. The minimum absolute atomic E-state index is 0.224. The number of rotatable bonds is 9. The number of benzene rings is 2. The second-order valence-corrected chi connectivity index (χ2v) is 10.6. The molecule has 1 aromatic heterocycles. The van der Waals surface area contributed by atoms with Crippen LogP contribution in [0.2, 0.25) is 0 Å². The zero-order chi connectivity index (χ0) is 28.0. The quantitative estimate of drug-likeness (QED) is 0.419. The summed E-state index contributed by atoms with van der Waals surface area (Å²) in [6, 6.07) is 15.6. The highest BCUT2D eigenvalue weighted by molar-refractivity contribution is 5.92. The van der Waals surface area contributed by atoms with Crippen LogP contribution in [0, 0.1) is 0 Å². The van der Waals surface area contributed by atoms with Crippen LogP contribution in [0.1, 0.15) is 31.9 Å². The molecule has 0 unspecified atom stereocenters. The topological polar surface area (TPSA) is 98.0 Å². The van der Waals surface area contributed by atoms with Gasteiger partial charge in [-0.15, -0.1) is 0 Å². The number of hydrogen-bond acceptors (Lipinski definition) is 5. The summed E-state index contributed by atoms with van der Waals surface area (Å²) in [5, 5.41) is 6.87. The number of carbonyl (C=O) groups is 3. The maximum Gasteiger partial charge on any atom is 0.408 e. The normalized spacial score (nSPS) is 13.2. The van der Waals surface area contributed by atoms with Crippen molar-refractivity contribution in [3.63, 3.8) is 0 Å². The number of H-pyrrole nitrogens is 1. The van der Waals surface area contributed by atoms with Crippen molar-refractivity contribution in [1.82, 2.24) is 25.2 Å². The summed E-state index contributed by atoms with van der Waals surface area (Å²) in [6.07, 6.45) is 1.70. The standard InChI is InChI=1S/C29H39N5O4/c1-29(2,3)38-28(37)31-24(18-21-19-30-23-16-12-11-15-22(21)23)26(35)33(6)25(27(36)34(7)32(4)5)17-20-13-9-8-10-14-20/h8-16,19,24-25,30H,17-18H2,1-7H3,(H,31,37)/t24-,25-/m1/s1. The van der Waals surface area contributed by atoms with Crippen LogP contribution in [0.3, 0.4) is 0 Å². The number of alkyl carbamates (subject to hydrolysis) is 1. The first-order chi connectivity index (χ1) is 17.9. The molecule has 0 aliphatic rings. The van der Waals surface area contributed by atoms with Gasteiger partial charge in [-0.05, 0) is 38.0 Å². The van der Waals surface area contributed by atoms with Crippen molar-refractivity contribution in [2.75, 3.05) is 28.2 Å². The molecule has 9 nitrogen and oxygen atoms in total. The van der Waals surface area contributed by atoms with Crippen molar-refractivity contribution in [1.29, 1.82) is 0 Å². The summed E-state index contributed by atoms with van der Waals surface area (Å²) < 4.78 is 5.47. The number of likely N-dealkylation sites (N-methyl/N-ethyl adjacent to an activating group) is 2. The Hall–Kier alpha value is -3.85. The first kappa shape index (κ1) is 28.7. The van der Waals surface area contributed by atoms with Crippen molar-refractivity contribution >= 4 is 28.8 Å². The molecule has 0 aliphatic carbocycles. The summed E-state index contributed by atoms with van der Waals surface area (Å²) in [5.41, 5.74) is 2.00. The molecule has 0 radical (unpaired) electrons. The molecule has 2 atom stereocenters. The van der Waals surface area contributed by atoms with E-state index in [-0.39, 0.29) is 18.2 Å². The van der Waals surface area contributed by atoms with Crippen LogP contribution in [0.25, 0.3) is 10.9 Å². The lowest BCUT2D eigenvalue weighted by Crippen LogP contribution is -2.57. The number of hydrogen-bond donors (Lipinski definition) is 2. The second-order valence-electron chi connectivity index (χ2n) is 10.6. The number of aromatic amines is 1. The van der Waals surface area contributed by atoms with Gasteiger partial charge < -0.3 is 19.9 Å². The number of carbonyl (C=O) groups excluding carboxylic acids is 3. The predicted molar refractivity (Wildman–Crippen MR) is 148 cm³/mol. The van der Waals surface area contributed by atoms with E-state index < -0.39 is 23.8 Å². The lowest BCUT2D eigenvalue weighted by molar-refractivity contribution is -0.152. The summed E-state index contributed by atoms with van der Waals surface area (Å²) in [5.74, 6) is -0.625. The number of fused-ring (bicyclic) bond motifs is 1. The maximum absolute atomic E-state index is 14.0. The molecule has 204 valence electrons. The fraction of sp³-hybridized carbons (Fsp3) is 0.414. The molecule has 0 saturated heterocycles. The molecule has 0 saturated carbocycles. The summed E-state index contributed by atoms with van der Waals surface area (Å²) in [6.45, 7) is 5.29. The van der Waals surface area contributed by atoms with E-state index in [1.807, 2.05) is 60.8 Å². The third-order valence-electron chi connectivity index (χ3n) is 6.38.